The van der Waals surface area contributed by atoms with Gasteiger partial charge in [0.15, 0.2) is 0 Å². The highest BCUT2D eigenvalue weighted by Crippen LogP contribution is 2.11. The van der Waals surface area contributed by atoms with Crippen molar-refractivity contribution in [1.82, 2.24) is 25.2 Å². The Morgan fingerprint density at radius 3 is 2.75 bits per heavy atom. The molecule has 2 aromatic rings. The quantitative estimate of drug-likeness (QED) is 0.872. The number of carbonyl (C=O) groups is 1. The van der Waals surface area contributed by atoms with E-state index in [1.165, 1.54) is 0 Å². The molecule has 1 saturated heterocycles. The molecule has 0 unspecified atom stereocenters. The van der Waals surface area contributed by atoms with E-state index in [0.717, 1.165) is 24.1 Å². The van der Waals surface area contributed by atoms with Crippen molar-refractivity contribution < 1.29 is 4.79 Å². The summed E-state index contributed by atoms with van der Waals surface area (Å²) >= 11 is 0. The van der Waals surface area contributed by atoms with Crippen LogP contribution in [0.25, 0.3) is 11.0 Å². The second kappa shape index (κ2) is 5.20. The van der Waals surface area contributed by atoms with Gasteiger partial charge in [0.05, 0.1) is 5.52 Å². The van der Waals surface area contributed by atoms with Crippen molar-refractivity contribution in [1.29, 1.82) is 0 Å². The van der Waals surface area contributed by atoms with Gasteiger partial charge in [-0.2, -0.15) is 0 Å². The number of carbonyl (C=O) groups excluding carboxylic acids is 1. The molecule has 1 N–H and O–H groups in total. The zero-order chi connectivity index (χ0) is 14.1. The predicted octanol–water partition coefficient (Wildman–Crippen LogP) is 0.640. The molecular weight excluding hydrogens is 254 g/mol. The Morgan fingerprint density at radius 1 is 1.30 bits per heavy atom. The standard InChI is InChI=1S/C14H19N5O/c1-10-7-18(8-11(2)15-10)14(20)9-19-13-6-4-3-5-12(13)16-17-19/h3-6,10-11,15H,7-9H2,1-2H3/t10-,11-/m1/s1. The Morgan fingerprint density at radius 2 is 2.00 bits per heavy atom. The summed E-state index contributed by atoms with van der Waals surface area (Å²) in [7, 11) is 0. The van der Waals surface area contributed by atoms with Gasteiger partial charge in [-0.15, -0.1) is 5.10 Å². The van der Waals surface area contributed by atoms with Gasteiger partial charge in [0.1, 0.15) is 12.1 Å². The van der Waals surface area contributed by atoms with Gasteiger partial charge >= 0.3 is 0 Å². The number of fused-ring (bicyclic) bond motifs is 1. The lowest BCUT2D eigenvalue weighted by molar-refractivity contribution is -0.133. The minimum absolute atomic E-state index is 0.0980. The first-order valence-corrected chi connectivity index (χ1v) is 6.95. The Balaban J connectivity index is 1.75. The van der Waals surface area contributed by atoms with Crippen LogP contribution >= 0.6 is 0 Å². The molecule has 0 spiro atoms. The van der Waals surface area contributed by atoms with E-state index in [2.05, 4.69) is 29.5 Å². The first-order valence-electron chi connectivity index (χ1n) is 6.95. The largest absolute Gasteiger partial charge is 0.338 e. The summed E-state index contributed by atoms with van der Waals surface area (Å²) in [5.41, 5.74) is 1.72. The van der Waals surface area contributed by atoms with Crippen LogP contribution in [0.4, 0.5) is 0 Å². The number of aromatic nitrogens is 3. The molecule has 0 bridgehead atoms. The lowest BCUT2D eigenvalue weighted by Crippen LogP contribution is -2.56. The van der Waals surface area contributed by atoms with E-state index in [4.69, 9.17) is 0 Å². The summed E-state index contributed by atoms with van der Waals surface area (Å²) in [6.45, 7) is 5.94. The minimum atomic E-state index is 0.0980. The smallest absolute Gasteiger partial charge is 0.244 e. The van der Waals surface area contributed by atoms with E-state index in [1.807, 2.05) is 29.2 Å². The molecule has 2 heterocycles. The predicted molar refractivity (Wildman–Crippen MR) is 76.2 cm³/mol. The van der Waals surface area contributed by atoms with E-state index in [9.17, 15) is 4.79 Å². The van der Waals surface area contributed by atoms with Crippen LogP contribution in [-0.2, 0) is 11.3 Å². The summed E-state index contributed by atoms with van der Waals surface area (Å²) in [5.74, 6) is 0.0980. The summed E-state index contributed by atoms with van der Waals surface area (Å²) < 4.78 is 1.68. The highest BCUT2D eigenvalue weighted by molar-refractivity contribution is 5.80. The maximum atomic E-state index is 12.4. The van der Waals surface area contributed by atoms with Gasteiger partial charge in [0, 0.05) is 25.2 Å². The topological polar surface area (TPSA) is 63.1 Å². The van der Waals surface area contributed by atoms with Crippen LogP contribution in [0.15, 0.2) is 24.3 Å². The average Bonchev–Trinajstić information content (AvgIpc) is 2.81. The molecule has 0 saturated carbocycles. The van der Waals surface area contributed by atoms with Crippen molar-refractivity contribution in [3.05, 3.63) is 24.3 Å². The fourth-order valence-electron chi connectivity index (χ4n) is 2.79. The maximum Gasteiger partial charge on any atom is 0.244 e. The summed E-state index contributed by atoms with van der Waals surface area (Å²) in [6, 6.07) is 8.35. The highest BCUT2D eigenvalue weighted by Gasteiger charge is 2.25. The van der Waals surface area contributed by atoms with Crippen LogP contribution in [0.1, 0.15) is 13.8 Å². The molecule has 106 valence electrons. The lowest BCUT2D eigenvalue weighted by Gasteiger charge is -2.36. The van der Waals surface area contributed by atoms with Crippen LogP contribution in [0.5, 0.6) is 0 Å². The number of nitrogens with one attached hydrogen (secondary N) is 1. The number of para-hydroxylation sites is 1. The van der Waals surface area contributed by atoms with E-state index < -0.39 is 0 Å². The monoisotopic (exact) mass is 273 g/mol. The molecule has 1 aromatic carbocycles. The average molecular weight is 273 g/mol. The van der Waals surface area contributed by atoms with E-state index in [0.29, 0.717) is 12.1 Å². The zero-order valence-corrected chi connectivity index (χ0v) is 11.8. The summed E-state index contributed by atoms with van der Waals surface area (Å²) in [4.78, 5) is 14.3. The van der Waals surface area contributed by atoms with Gasteiger partial charge < -0.3 is 10.2 Å². The molecule has 20 heavy (non-hydrogen) atoms. The Labute approximate surface area is 117 Å². The molecule has 0 aliphatic carbocycles. The van der Waals surface area contributed by atoms with Crippen LogP contribution in [0.3, 0.4) is 0 Å². The molecular formula is C14H19N5O. The number of piperazine rings is 1. The summed E-state index contributed by atoms with van der Waals surface area (Å²) in [6.07, 6.45) is 0. The van der Waals surface area contributed by atoms with Crippen LogP contribution in [0.2, 0.25) is 0 Å². The lowest BCUT2D eigenvalue weighted by atomic mass is 10.1. The van der Waals surface area contributed by atoms with Crippen LogP contribution < -0.4 is 5.32 Å². The van der Waals surface area contributed by atoms with Crippen molar-refractivity contribution in [2.75, 3.05) is 13.1 Å². The maximum absolute atomic E-state index is 12.4. The molecule has 1 aromatic heterocycles. The molecule has 1 aliphatic rings. The normalized spacial score (nSPS) is 23.2. The number of hydrogen-bond donors (Lipinski definition) is 1. The Bertz CT molecular complexity index is 613. The van der Waals surface area contributed by atoms with Crippen LogP contribution in [-0.4, -0.2) is 51.0 Å². The molecule has 1 amide bonds. The number of hydrogen-bond acceptors (Lipinski definition) is 4. The molecule has 0 radical (unpaired) electrons. The number of benzene rings is 1. The van der Waals surface area contributed by atoms with Gasteiger partial charge in [-0.1, -0.05) is 17.3 Å². The van der Waals surface area contributed by atoms with E-state index in [-0.39, 0.29) is 12.5 Å². The molecule has 3 rings (SSSR count). The fourth-order valence-corrected chi connectivity index (χ4v) is 2.79. The first kappa shape index (κ1) is 13.1. The van der Waals surface area contributed by atoms with E-state index in [1.54, 1.807) is 4.68 Å². The molecule has 6 nitrogen and oxygen atoms in total. The molecule has 2 atom stereocenters. The summed E-state index contributed by atoms with van der Waals surface area (Å²) in [5, 5.41) is 11.6. The SMILES string of the molecule is C[C@@H]1CN(C(=O)Cn2nnc3ccccc32)C[C@@H](C)N1. The Kier molecular flexibility index (Phi) is 3.40. The third kappa shape index (κ3) is 2.51. The van der Waals surface area contributed by atoms with Crippen molar-refractivity contribution in [3.8, 4) is 0 Å². The second-order valence-electron chi connectivity index (χ2n) is 5.50. The second-order valence-corrected chi connectivity index (χ2v) is 5.50. The van der Waals surface area contributed by atoms with Crippen molar-refractivity contribution in [2.45, 2.75) is 32.5 Å². The first-order chi connectivity index (χ1) is 9.63. The number of amides is 1. The van der Waals surface area contributed by atoms with Gasteiger partial charge in [0.2, 0.25) is 5.91 Å². The van der Waals surface area contributed by atoms with E-state index >= 15 is 0 Å². The fraction of sp³-hybridized carbons (Fsp3) is 0.500. The number of nitrogens with zero attached hydrogens (tertiary/aromatic N) is 4. The van der Waals surface area contributed by atoms with Crippen molar-refractivity contribution in [3.63, 3.8) is 0 Å². The third-order valence-corrected chi connectivity index (χ3v) is 3.62. The van der Waals surface area contributed by atoms with Gasteiger partial charge in [-0.3, -0.25) is 4.79 Å². The zero-order valence-electron chi connectivity index (χ0n) is 11.8. The minimum Gasteiger partial charge on any atom is -0.338 e. The highest BCUT2D eigenvalue weighted by atomic mass is 16.2. The molecule has 1 fully saturated rings. The van der Waals surface area contributed by atoms with Crippen LogP contribution in [0, 0.1) is 0 Å². The van der Waals surface area contributed by atoms with Gasteiger partial charge in [0.25, 0.3) is 0 Å². The molecule has 1 aliphatic heterocycles. The third-order valence-electron chi connectivity index (χ3n) is 3.62. The number of rotatable bonds is 2. The van der Waals surface area contributed by atoms with Gasteiger partial charge in [-0.05, 0) is 26.0 Å². The Hall–Kier alpha value is -1.95. The van der Waals surface area contributed by atoms with Crippen molar-refractivity contribution >= 4 is 16.9 Å². The van der Waals surface area contributed by atoms with Crippen molar-refractivity contribution in [2.24, 2.45) is 0 Å². The van der Waals surface area contributed by atoms with Gasteiger partial charge in [-0.25, -0.2) is 4.68 Å². The molecule has 6 heteroatoms.